The third-order valence-corrected chi connectivity index (χ3v) is 1.76. The molecule has 1 rings (SSSR count). The van der Waals surface area contributed by atoms with Gasteiger partial charge in [0.1, 0.15) is 5.82 Å². The van der Waals surface area contributed by atoms with E-state index in [9.17, 15) is 4.39 Å². The summed E-state index contributed by atoms with van der Waals surface area (Å²) in [5, 5.41) is 2.09. The highest BCUT2D eigenvalue weighted by molar-refractivity contribution is 6.31. The largest absolute Gasteiger partial charge is 0.475 e. The first-order chi connectivity index (χ1) is 5.25. The van der Waals surface area contributed by atoms with E-state index in [0.29, 0.717) is 17.1 Å². The molecule has 0 unspecified atom stereocenters. The van der Waals surface area contributed by atoms with Crippen molar-refractivity contribution in [3.63, 3.8) is 0 Å². The van der Waals surface area contributed by atoms with Crippen LogP contribution in [0.5, 0.6) is 0 Å². The molecule has 0 aliphatic carbocycles. The van der Waals surface area contributed by atoms with Crippen LogP contribution in [0.15, 0.2) is 18.2 Å². The Balaban J connectivity index is 0.00000121. The van der Waals surface area contributed by atoms with Crippen LogP contribution in [-0.4, -0.2) is 0 Å². The summed E-state index contributed by atoms with van der Waals surface area (Å²) in [6.07, 6.45) is 0. The van der Waals surface area contributed by atoms with Crippen molar-refractivity contribution in [3.05, 3.63) is 41.7 Å². The van der Waals surface area contributed by atoms with Crippen molar-refractivity contribution < 1.29 is 11.1 Å². The highest BCUT2D eigenvalue weighted by atomic mass is 35.5. The van der Waals surface area contributed by atoms with Crippen LogP contribution in [0.2, 0.25) is 5.02 Å². The van der Waals surface area contributed by atoms with Gasteiger partial charge in [-0.15, -0.1) is 0 Å². The Labute approximate surface area is 71.7 Å². The third kappa shape index (κ3) is 1.91. The molecule has 0 amide bonds. The van der Waals surface area contributed by atoms with Gasteiger partial charge in [0.05, 0.1) is 17.1 Å². The van der Waals surface area contributed by atoms with Crippen LogP contribution in [0.4, 0.5) is 4.39 Å². The maximum absolute atomic E-state index is 12.9. The molecule has 0 bridgehead atoms. The fourth-order valence-corrected chi connectivity index (χ4v) is 1.11. The quantitative estimate of drug-likeness (QED) is 0.658. The molecule has 0 saturated heterocycles. The lowest BCUT2D eigenvalue weighted by atomic mass is 10.2. The lowest BCUT2D eigenvalue weighted by Gasteiger charge is -2.03. The van der Waals surface area contributed by atoms with Crippen LogP contribution in [0, 0.1) is 12.9 Å². The molecule has 0 aromatic heterocycles. The number of halogens is 2. The second kappa shape index (κ2) is 3.69. The first-order valence-corrected chi connectivity index (χ1v) is 3.67. The Bertz CT molecular complexity index is 235. The van der Waals surface area contributed by atoms with Crippen molar-refractivity contribution in [2.24, 2.45) is 0 Å². The molecule has 0 aliphatic heterocycles. The predicted octanol–water partition coefficient (Wildman–Crippen LogP) is 1.58. The van der Waals surface area contributed by atoms with Gasteiger partial charge in [0.15, 0.2) is 0 Å². The van der Waals surface area contributed by atoms with Gasteiger partial charge in [-0.05, 0) is 12.1 Å². The second-order valence-corrected chi connectivity index (χ2v) is 2.60. The molecule has 0 aliphatic rings. The smallest absolute Gasteiger partial charge is 0.133 e. The zero-order valence-electron chi connectivity index (χ0n) is 5.98. The highest BCUT2D eigenvalue weighted by Crippen LogP contribution is 2.17. The summed E-state index contributed by atoms with van der Waals surface area (Å²) in [4.78, 5) is 0. The molecule has 11 heavy (non-hydrogen) atoms. The minimum Gasteiger partial charge on any atom is -0.475 e. The molecular formula is C8H11ClFN. The minimum atomic E-state index is -0.266. The van der Waals surface area contributed by atoms with Gasteiger partial charge >= 0.3 is 0 Å². The third-order valence-electron chi connectivity index (χ3n) is 1.41. The maximum atomic E-state index is 12.9. The zero-order chi connectivity index (χ0) is 8.27. The number of hydrogen-bond acceptors (Lipinski definition) is 0. The SMILES string of the molecule is [CH2-][NH2+]Cc1c(F)cccc1Cl.[HH]. The number of rotatable bonds is 2. The van der Waals surface area contributed by atoms with Crippen LogP contribution in [0.25, 0.3) is 0 Å². The van der Waals surface area contributed by atoms with E-state index in [0.717, 1.165) is 0 Å². The molecule has 1 aromatic rings. The van der Waals surface area contributed by atoms with Crippen molar-refractivity contribution in [1.29, 1.82) is 0 Å². The van der Waals surface area contributed by atoms with E-state index in [1.165, 1.54) is 6.07 Å². The van der Waals surface area contributed by atoms with E-state index < -0.39 is 0 Å². The monoisotopic (exact) mass is 175 g/mol. The molecule has 1 aromatic carbocycles. The first-order valence-electron chi connectivity index (χ1n) is 3.29. The average molecular weight is 176 g/mol. The van der Waals surface area contributed by atoms with Gasteiger partial charge in [-0.2, -0.15) is 7.05 Å². The topological polar surface area (TPSA) is 16.6 Å². The van der Waals surface area contributed by atoms with Crippen LogP contribution in [-0.2, 0) is 6.54 Å². The van der Waals surface area contributed by atoms with Gasteiger partial charge in [-0.3, -0.25) is 0 Å². The molecular weight excluding hydrogens is 165 g/mol. The molecule has 2 N–H and O–H groups in total. The Morgan fingerprint density at radius 2 is 2.36 bits per heavy atom. The Morgan fingerprint density at radius 3 is 2.91 bits per heavy atom. The van der Waals surface area contributed by atoms with Gasteiger partial charge in [0.25, 0.3) is 0 Å². The highest BCUT2D eigenvalue weighted by Gasteiger charge is 2.05. The summed E-state index contributed by atoms with van der Waals surface area (Å²) in [7, 11) is 3.51. The Morgan fingerprint density at radius 1 is 1.64 bits per heavy atom. The molecule has 62 valence electrons. The fourth-order valence-electron chi connectivity index (χ4n) is 0.872. The van der Waals surface area contributed by atoms with Crippen molar-refractivity contribution >= 4 is 11.6 Å². The number of nitrogens with two attached hydrogens (primary N) is 1. The Kier molecular flexibility index (Phi) is 2.85. The molecule has 0 spiro atoms. The lowest BCUT2D eigenvalue weighted by molar-refractivity contribution is -0.612. The summed E-state index contributed by atoms with van der Waals surface area (Å²) in [6, 6.07) is 4.65. The standard InChI is InChI=1S/C8H9ClFN.H2/c1-11-5-6-7(9)3-2-4-8(6)10;/h2-4H,1,5,11H2;1H. The molecule has 1 nitrogen and oxygen atoms in total. The van der Waals surface area contributed by atoms with Crippen molar-refractivity contribution in [3.8, 4) is 0 Å². The van der Waals surface area contributed by atoms with Crippen LogP contribution in [0.3, 0.4) is 0 Å². The summed E-state index contributed by atoms with van der Waals surface area (Å²) in [5.41, 5.74) is 0.518. The molecule has 0 fully saturated rings. The Hall–Kier alpha value is -0.600. The first kappa shape index (κ1) is 8.50. The maximum Gasteiger partial charge on any atom is 0.133 e. The van der Waals surface area contributed by atoms with E-state index in [1.54, 1.807) is 17.4 Å². The summed E-state index contributed by atoms with van der Waals surface area (Å²) in [6.45, 7) is 0.478. The lowest BCUT2D eigenvalue weighted by Crippen LogP contribution is -2.75. The van der Waals surface area contributed by atoms with Crippen LogP contribution in [0.1, 0.15) is 6.99 Å². The van der Waals surface area contributed by atoms with Crippen molar-refractivity contribution in [1.82, 2.24) is 0 Å². The summed E-state index contributed by atoms with van der Waals surface area (Å²) >= 11 is 5.72. The predicted molar refractivity (Wildman–Crippen MR) is 44.5 cm³/mol. The van der Waals surface area contributed by atoms with E-state index >= 15 is 0 Å². The normalized spacial score (nSPS) is 10.1. The molecule has 0 radical (unpaired) electrons. The fraction of sp³-hybridized carbons (Fsp3) is 0.125. The zero-order valence-corrected chi connectivity index (χ0v) is 6.74. The van der Waals surface area contributed by atoms with E-state index in [-0.39, 0.29) is 7.24 Å². The minimum absolute atomic E-state index is 0. The van der Waals surface area contributed by atoms with E-state index in [1.807, 2.05) is 0 Å². The van der Waals surface area contributed by atoms with E-state index in [4.69, 9.17) is 11.6 Å². The van der Waals surface area contributed by atoms with E-state index in [2.05, 4.69) is 7.05 Å². The summed E-state index contributed by atoms with van der Waals surface area (Å²) < 4.78 is 12.9. The van der Waals surface area contributed by atoms with Crippen molar-refractivity contribution in [2.75, 3.05) is 0 Å². The van der Waals surface area contributed by atoms with Gasteiger partial charge < -0.3 is 5.32 Å². The van der Waals surface area contributed by atoms with Gasteiger partial charge in [-0.1, -0.05) is 17.7 Å². The second-order valence-electron chi connectivity index (χ2n) is 2.19. The van der Waals surface area contributed by atoms with Gasteiger partial charge in [-0.25, -0.2) is 4.39 Å². The number of quaternary nitrogens is 1. The van der Waals surface area contributed by atoms with Crippen LogP contribution < -0.4 is 5.32 Å². The molecule has 0 saturated carbocycles. The number of hydrogen-bond donors (Lipinski definition) is 1. The van der Waals surface area contributed by atoms with Gasteiger partial charge in [0.2, 0.25) is 0 Å². The molecule has 3 heteroatoms. The van der Waals surface area contributed by atoms with Gasteiger partial charge in [0, 0.05) is 1.43 Å². The van der Waals surface area contributed by atoms with Crippen LogP contribution >= 0.6 is 11.6 Å². The van der Waals surface area contributed by atoms with Crippen molar-refractivity contribution in [2.45, 2.75) is 6.54 Å². The molecule has 0 heterocycles. The summed E-state index contributed by atoms with van der Waals surface area (Å²) in [5.74, 6) is -0.266. The molecule has 0 atom stereocenters. The number of benzene rings is 1. The average Bonchev–Trinajstić information content (AvgIpc) is 1.97.